The fraction of sp³-hybridized carbons (Fsp3) is 0.368. The van der Waals surface area contributed by atoms with Crippen LogP contribution in [0.4, 0.5) is 11.4 Å². The lowest BCUT2D eigenvalue weighted by molar-refractivity contribution is -0.0908. The van der Waals surface area contributed by atoms with Crippen LogP contribution in [-0.2, 0) is 0 Å². The molecule has 1 saturated heterocycles. The van der Waals surface area contributed by atoms with Gasteiger partial charge in [-0.2, -0.15) is 0 Å². The summed E-state index contributed by atoms with van der Waals surface area (Å²) in [5, 5.41) is 42.2. The molecule has 0 aromatic heterocycles. The lowest BCUT2D eigenvalue weighted by Gasteiger charge is -2.39. The zero-order valence-electron chi connectivity index (χ0n) is 14.3. The lowest BCUT2D eigenvalue weighted by Crippen LogP contribution is -2.55. The standard InChI is InChI=1S/C19H23NO5S/c1-11-6-8-12(9-7-11)20-13-4-2-3-5-14(13)25-19-18(24)17(23)16(22)15(10-21)26-19/h2-9,15-24H,10H2,1H3/t15-,16-,17+,18-,19-/m1/s1. The van der Waals surface area contributed by atoms with Crippen LogP contribution >= 0.6 is 11.8 Å². The highest BCUT2D eigenvalue weighted by atomic mass is 32.2. The van der Waals surface area contributed by atoms with Gasteiger partial charge in [-0.15, -0.1) is 11.8 Å². The minimum Gasteiger partial charge on any atom is -0.475 e. The Balaban J connectivity index is 1.78. The number of hydrogen-bond donors (Lipinski definition) is 5. The fourth-order valence-corrected chi connectivity index (χ4v) is 3.99. The third-order valence-corrected chi connectivity index (χ3v) is 5.73. The van der Waals surface area contributed by atoms with E-state index in [1.54, 1.807) is 6.07 Å². The molecule has 0 spiro atoms. The predicted molar refractivity (Wildman–Crippen MR) is 102 cm³/mol. The van der Waals surface area contributed by atoms with Crippen LogP contribution in [0, 0.1) is 6.92 Å². The van der Waals surface area contributed by atoms with Crippen molar-refractivity contribution in [1.82, 2.24) is 0 Å². The number of aliphatic hydroxyl groups excluding tert-OH is 4. The summed E-state index contributed by atoms with van der Waals surface area (Å²) in [5.41, 5.74) is 1.95. The van der Waals surface area contributed by atoms with Gasteiger partial charge in [0.25, 0.3) is 0 Å². The van der Waals surface area contributed by atoms with Crippen molar-refractivity contribution in [3.63, 3.8) is 0 Å². The van der Waals surface area contributed by atoms with Crippen LogP contribution < -0.4 is 10.1 Å². The molecule has 1 fully saturated rings. The SMILES string of the molecule is Cc1ccc(Nc2ccccc2O[C@@H]2S[C@H](CO)[C@@H](O)[C@H](O)[C@H]2O)cc1. The first-order chi connectivity index (χ1) is 12.5. The van der Waals surface area contributed by atoms with Crippen molar-refractivity contribution < 1.29 is 25.2 Å². The number of anilines is 2. The van der Waals surface area contributed by atoms with Crippen LogP contribution in [0.3, 0.4) is 0 Å². The molecule has 2 aromatic rings. The average Bonchev–Trinajstić information content (AvgIpc) is 2.65. The van der Waals surface area contributed by atoms with E-state index in [1.165, 1.54) is 0 Å². The van der Waals surface area contributed by atoms with Crippen LogP contribution in [0.5, 0.6) is 5.75 Å². The average molecular weight is 377 g/mol. The normalized spacial score (nSPS) is 28.6. The Kier molecular flexibility index (Phi) is 6.05. The maximum Gasteiger partial charge on any atom is 0.173 e. The smallest absolute Gasteiger partial charge is 0.173 e. The molecule has 3 rings (SSSR count). The van der Waals surface area contributed by atoms with Crippen molar-refractivity contribution >= 4 is 23.1 Å². The van der Waals surface area contributed by atoms with Gasteiger partial charge in [0.1, 0.15) is 18.0 Å². The van der Waals surface area contributed by atoms with Crippen LogP contribution in [-0.4, -0.2) is 56.0 Å². The summed E-state index contributed by atoms with van der Waals surface area (Å²) in [5.74, 6) is 0.505. The van der Waals surface area contributed by atoms with E-state index in [-0.39, 0.29) is 6.61 Å². The van der Waals surface area contributed by atoms with Gasteiger partial charge in [-0.05, 0) is 31.2 Å². The molecule has 26 heavy (non-hydrogen) atoms. The monoisotopic (exact) mass is 377 g/mol. The lowest BCUT2D eigenvalue weighted by atomic mass is 10.0. The van der Waals surface area contributed by atoms with E-state index in [2.05, 4.69) is 5.32 Å². The molecule has 7 heteroatoms. The van der Waals surface area contributed by atoms with E-state index in [9.17, 15) is 20.4 Å². The van der Waals surface area contributed by atoms with Crippen molar-refractivity contribution in [3.8, 4) is 5.75 Å². The van der Waals surface area contributed by atoms with Gasteiger partial charge in [-0.3, -0.25) is 0 Å². The first-order valence-corrected chi connectivity index (χ1v) is 9.34. The van der Waals surface area contributed by atoms with Gasteiger partial charge in [0, 0.05) is 5.69 Å². The number of para-hydroxylation sites is 2. The van der Waals surface area contributed by atoms with Crippen LogP contribution in [0.2, 0.25) is 0 Å². The topological polar surface area (TPSA) is 102 Å². The van der Waals surface area contributed by atoms with Crippen molar-refractivity contribution in [3.05, 3.63) is 54.1 Å². The molecule has 1 heterocycles. The van der Waals surface area contributed by atoms with Crippen molar-refractivity contribution in [2.75, 3.05) is 11.9 Å². The van der Waals surface area contributed by atoms with Gasteiger partial charge in [-0.1, -0.05) is 29.8 Å². The summed E-state index contributed by atoms with van der Waals surface area (Å²) >= 11 is 1.10. The van der Waals surface area contributed by atoms with Crippen LogP contribution in [0.25, 0.3) is 0 Å². The zero-order valence-corrected chi connectivity index (χ0v) is 15.1. The van der Waals surface area contributed by atoms with E-state index in [4.69, 9.17) is 4.74 Å². The first kappa shape index (κ1) is 19.0. The van der Waals surface area contributed by atoms with Gasteiger partial charge < -0.3 is 30.5 Å². The Morgan fingerprint density at radius 3 is 2.35 bits per heavy atom. The number of benzene rings is 2. The summed E-state index contributed by atoms with van der Waals surface area (Å²) in [6.07, 6.45) is -3.86. The maximum absolute atomic E-state index is 10.2. The van der Waals surface area contributed by atoms with E-state index < -0.39 is 29.0 Å². The molecule has 0 unspecified atom stereocenters. The minimum absolute atomic E-state index is 0.321. The number of aliphatic hydroxyl groups is 4. The maximum atomic E-state index is 10.2. The molecule has 6 nitrogen and oxygen atoms in total. The van der Waals surface area contributed by atoms with E-state index >= 15 is 0 Å². The molecule has 0 radical (unpaired) electrons. The molecule has 5 N–H and O–H groups in total. The molecule has 5 atom stereocenters. The third-order valence-electron chi connectivity index (χ3n) is 4.31. The summed E-state index contributed by atoms with van der Waals surface area (Å²) in [6.45, 7) is 1.69. The quantitative estimate of drug-likeness (QED) is 0.540. The van der Waals surface area contributed by atoms with E-state index in [0.29, 0.717) is 11.4 Å². The zero-order chi connectivity index (χ0) is 18.7. The number of aryl methyl sites for hydroxylation is 1. The number of hydrogen-bond acceptors (Lipinski definition) is 7. The Morgan fingerprint density at radius 1 is 0.962 bits per heavy atom. The Hall–Kier alpha value is -1.77. The van der Waals surface area contributed by atoms with Gasteiger partial charge in [0.2, 0.25) is 0 Å². The van der Waals surface area contributed by atoms with Crippen molar-refractivity contribution in [2.45, 2.75) is 35.9 Å². The highest BCUT2D eigenvalue weighted by Gasteiger charge is 2.44. The van der Waals surface area contributed by atoms with Crippen molar-refractivity contribution in [2.24, 2.45) is 0 Å². The largest absolute Gasteiger partial charge is 0.475 e. The van der Waals surface area contributed by atoms with Gasteiger partial charge in [0.15, 0.2) is 5.44 Å². The second-order valence-corrected chi connectivity index (χ2v) is 7.64. The molecule has 0 amide bonds. The Morgan fingerprint density at radius 2 is 1.65 bits per heavy atom. The van der Waals surface area contributed by atoms with Gasteiger partial charge in [0.05, 0.1) is 23.6 Å². The van der Waals surface area contributed by atoms with Crippen LogP contribution in [0.15, 0.2) is 48.5 Å². The second kappa shape index (κ2) is 8.28. The molecule has 140 valence electrons. The molecule has 1 aliphatic rings. The highest BCUT2D eigenvalue weighted by Crippen LogP contribution is 2.37. The molecule has 0 aliphatic carbocycles. The molecular weight excluding hydrogens is 354 g/mol. The van der Waals surface area contributed by atoms with Crippen molar-refractivity contribution in [1.29, 1.82) is 0 Å². The Bertz CT molecular complexity index is 724. The van der Waals surface area contributed by atoms with Gasteiger partial charge >= 0.3 is 0 Å². The number of ether oxygens (including phenoxy) is 1. The minimum atomic E-state index is -1.38. The second-order valence-electron chi connectivity index (χ2n) is 6.30. The fourth-order valence-electron chi connectivity index (χ4n) is 2.75. The first-order valence-electron chi connectivity index (χ1n) is 8.39. The summed E-state index contributed by atoms with van der Waals surface area (Å²) in [6, 6.07) is 15.2. The summed E-state index contributed by atoms with van der Waals surface area (Å²) in [7, 11) is 0. The van der Waals surface area contributed by atoms with E-state index in [0.717, 1.165) is 23.0 Å². The number of thioether (sulfide) groups is 1. The molecule has 0 bridgehead atoms. The van der Waals surface area contributed by atoms with Gasteiger partial charge in [-0.25, -0.2) is 0 Å². The Labute approximate surface area is 156 Å². The summed E-state index contributed by atoms with van der Waals surface area (Å²) in [4.78, 5) is 0. The number of nitrogens with one attached hydrogen (secondary N) is 1. The third kappa shape index (κ3) is 4.13. The predicted octanol–water partition coefficient (Wildman–Crippen LogP) is 1.63. The molecule has 1 aliphatic heterocycles. The highest BCUT2D eigenvalue weighted by molar-refractivity contribution is 8.00. The molecular formula is C19H23NO5S. The number of rotatable bonds is 5. The molecule has 0 saturated carbocycles. The van der Waals surface area contributed by atoms with E-state index in [1.807, 2.05) is 49.4 Å². The molecule has 2 aromatic carbocycles. The summed E-state index contributed by atoms with van der Waals surface area (Å²) < 4.78 is 5.91. The van der Waals surface area contributed by atoms with Crippen LogP contribution in [0.1, 0.15) is 5.56 Å².